The molecule has 0 spiro atoms. The molecule has 0 saturated carbocycles. The van der Waals surface area contributed by atoms with Gasteiger partial charge in [0.2, 0.25) is 0 Å². The van der Waals surface area contributed by atoms with Crippen LogP contribution in [0.3, 0.4) is 0 Å². The summed E-state index contributed by atoms with van der Waals surface area (Å²) in [6.45, 7) is 0. The van der Waals surface area contributed by atoms with Crippen LogP contribution >= 0.6 is 23.5 Å². The van der Waals surface area contributed by atoms with Crippen molar-refractivity contribution >= 4 is 28.9 Å². The second-order valence-corrected chi connectivity index (χ2v) is 3.81. The zero-order chi connectivity index (χ0) is 12.3. The Balaban J connectivity index is 2.95. The number of hydrogen-bond donors (Lipinski definition) is 1. The van der Waals surface area contributed by atoms with Crippen molar-refractivity contribution < 1.29 is 22.4 Å². The molecule has 1 rings (SSSR count). The van der Waals surface area contributed by atoms with Gasteiger partial charge in [0, 0.05) is 0 Å². The molecule has 8 heteroatoms. The third-order valence-electron chi connectivity index (χ3n) is 1.50. The number of halogens is 5. The van der Waals surface area contributed by atoms with Crippen molar-refractivity contribution in [2.75, 3.05) is 0 Å². The maximum Gasteiger partial charge on any atom is 0.416 e. The molecular formula is C8H4ClF4NOS. The summed E-state index contributed by atoms with van der Waals surface area (Å²) in [5, 5.41) is -0.998. The lowest BCUT2D eigenvalue weighted by Gasteiger charge is -2.08. The SMILES string of the molecule is O=C(Cl)NSc1cc(C(F)(F)F)ccc1F. The number of rotatable bonds is 2. The number of benzene rings is 1. The van der Waals surface area contributed by atoms with Crippen LogP contribution in [0.5, 0.6) is 0 Å². The zero-order valence-corrected chi connectivity index (χ0v) is 9.01. The molecule has 0 aromatic heterocycles. The van der Waals surface area contributed by atoms with Gasteiger partial charge in [-0.1, -0.05) is 0 Å². The van der Waals surface area contributed by atoms with Gasteiger partial charge in [0.25, 0.3) is 0 Å². The molecule has 0 unspecified atom stereocenters. The number of alkyl halides is 3. The van der Waals surface area contributed by atoms with Gasteiger partial charge in [-0.05, 0) is 41.7 Å². The zero-order valence-electron chi connectivity index (χ0n) is 7.44. The van der Waals surface area contributed by atoms with Crippen LogP contribution in [0.25, 0.3) is 0 Å². The number of amides is 1. The lowest BCUT2D eigenvalue weighted by Crippen LogP contribution is -2.08. The highest BCUT2D eigenvalue weighted by atomic mass is 35.5. The molecule has 0 aliphatic heterocycles. The Morgan fingerprint density at radius 3 is 2.50 bits per heavy atom. The first-order chi connectivity index (χ1) is 7.30. The van der Waals surface area contributed by atoms with Crippen LogP contribution in [0.4, 0.5) is 22.4 Å². The van der Waals surface area contributed by atoms with E-state index in [0.717, 1.165) is 0 Å². The van der Waals surface area contributed by atoms with Crippen molar-refractivity contribution in [2.45, 2.75) is 11.1 Å². The standard InChI is InChI=1S/C8H4ClF4NOS/c9-7(15)14-16-6-3-4(8(11,12)13)1-2-5(6)10/h1-3H,(H,14,15). The monoisotopic (exact) mass is 273 g/mol. The quantitative estimate of drug-likeness (QED) is 0.384. The maximum atomic E-state index is 13.0. The molecule has 0 fully saturated rings. The Morgan fingerprint density at radius 2 is 2.00 bits per heavy atom. The summed E-state index contributed by atoms with van der Waals surface area (Å²) in [7, 11) is 0. The van der Waals surface area contributed by atoms with Gasteiger partial charge in [-0.3, -0.25) is 9.52 Å². The number of carbonyl (C=O) groups is 1. The second kappa shape index (κ2) is 4.92. The van der Waals surface area contributed by atoms with Crippen molar-refractivity contribution in [1.82, 2.24) is 4.72 Å². The van der Waals surface area contributed by atoms with Crippen LogP contribution in [0, 0.1) is 5.82 Å². The minimum atomic E-state index is -4.56. The van der Waals surface area contributed by atoms with E-state index in [9.17, 15) is 22.4 Å². The predicted molar refractivity (Wildman–Crippen MR) is 51.6 cm³/mol. The Bertz CT molecular complexity index is 410. The van der Waals surface area contributed by atoms with Gasteiger partial charge < -0.3 is 0 Å². The maximum absolute atomic E-state index is 13.0. The molecule has 0 bridgehead atoms. The first-order valence-electron chi connectivity index (χ1n) is 3.80. The summed E-state index contributed by atoms with van der Waals surface area (Å²) in [5.74, 6) is -0.872. The lowest BCUT2D eigenvalue weighted by atomic mass is 10.2. The molecule has 2 nitrogen and oxygen atoms in total. The molecular weight excluding hydrogens is 270 g/mol. The summed E-state index contributed by atoms with van der Waals surface area (Å²) >= 11 is 5.27. The van der Waals surface area contributed by atoms with Crippen molar-refractivity contribution in [2.24, 2.45) is 0 Å². The van der Waals surface area contributed by atoms with Crippen LogP contribution < -0.4 is 4.72 Å². The van der Waals surface area contributed by atoms with Crippen LogP contribution in [0.2, 0.25) is 0 Å². The van der Waals surface area contributed by atoms with Crippen LogP contribution in [-0.4, -0.2) is 5.37 Å². The lowest BCUT2D eigenvalue weighted by molar-refractivity contribution is -0.137. The minimum Gasteiger partial charge on any atom is -0.282 e. The van der Waals surface area contributed by atoms with Gasteiger partial charge in [0.1, 0.15) is 5.82 Å². The van der Waals surface area contributed by atoms with E-state index in [2.05, 4.69) is 0 Å². The van der Waals surface area contributed by atoms with Gasteiger partial charge >= 0.3 is 11.5 Å². The third-order valence-corrected chi connectivity index (χ3v) is 2.53. The van der Waals surface area contributed by atoms with E-state index in [1.54, 1.807) is 0 Å². The van der Waals surface area contributed by atoms with Crippen molar-refractivity contribution in [3.8, 4) is 0 Å². The summed E-state index contributed by atoms with van der Waals surface area (Å²) in [5.41, 5.74) is -1.000. The van der Waals surface area contributed by atoms with Crippen molar-refractivity contribution in [1.29, 1.82) is 0 Å². The first-order valence-corrected chi connectivity index (χ1v) is 4.99. The van der Waals surface area contributed by atoms with E-state index in [1.165, 1.54) is 0 Å². The molecule has 0 atom stereocenters. The molecule has 1 aromatic carbocycles. The van der Waals surface area contributed by atoms with E-state index in [4.69, 9.17) is 11.6 Å². The van der Waals surface area contributed by atoms with Gasteiger partial charge in [-0.2, -0.15) is 13.2 Å². The van der Waals surface area contributed by atoms with Gasteiger partial charge in [0.05, 0.1) is 10.5 Å². The highest BCUT2D eigenvalue weighted by molar-refractivity contribution is 7.98. The molecule has 1 N–H and O–H groups in total. The van der Waals surface area contributed by atoms with Crippen LogP contribution in [-0.2, 0) is 6.18 Å². The van der Waals surface area contributed by atoms with Gasteiger partial charge in [-0.25, -0.2) is 4.39 Å². The molecule has 0 heterocycles. The fraction of sp³-hybridized carbons (Fsp3) is 0.125. The Hall–Kier alpha value is -0.950. The normalized spacial score (nSPS) is 11.3. The van der Waals surface area contributed by atoms with Crippen LogP contribution in [0.1, 0.15) is 5.56 Å². The number of carbonyl (C=O) groups excluding carboxylic acids is 1. The highest BCUT2D eigenvalue weighted by Gasteiger charge is 2.31. The average molecular weight is 274 g/mol. The predicted octanol–water partition coefficient (Wildman–Crippen LogP) is 3.80. The third kappa shape index (κ3) is 3.57. The smallest absolute Gasteiger partial charge is 0.282 e. The minimum absolute atomic E-state index is 0.358. The van der Waals surface area contributed by atoms with E-state index >= 15 is 0 Å². The number of hydrogen-bond acceptors (Lipinski definition) is 2. The summed E-state index contributed by atoms with van der Waals surface area (Å²) < 4.78 is 51.7. The average Bonchev–Trinajstić information content (AvgIpc) is 2.14. The number of nitrogens with one attached hydrogen (secondary N) is 1. The summed E-state index contributed by atoms with van der Waals surface area (Å²) in [6, 6.07) is 1.88. The van der Waals surface area contributed by atoms with E-state index in [0.29, 0.717) is 30.1 Å². The Kier molecular flexibility index (Phi) is 4.03. The molecule has 0 saturated heterocycles. The largest absolute Gasteiger partial charge is 0.416 e. The molecule has 0 aliphatic rings. The highest BCUT2D eigenvalue weighted by Crippen LogP contribution is 2.32. The van der Waals surface area contributed by atoms with Crippen molar-refractivity contribution in [3.63, 3.8) is 0 Å². The Labute approximate surface area is 97.1 Å². The fourth-order valence-electron chi connectivity index (χ4n) is 0.853. The topological polar surface area (TPSA) is 29.1 Å². The first kappa shape index (κ1) is 13.1. The molecule has 0 aliphatic carbocycles. The van der Waals surface area contributed by atoms with E-state index in [-0.39, 0.29) is 4.90 Å². The fourth-order valence-corrected chi connectivity index (χ4v) is 1.51. The van der Waals surface area contributed by atoms with Gasteiger partial charge in [0.15, 0.2) is 0 Å². The summed E-state index contributed by atoms with van der Waals surface area (Å²) in [4.78, 5) is 9.94. The molecule has 0 radical (unpaired) electrons. The van der Waals surface area contributed by atoms with Crippen LogP contribution in [0.15, 0.2) is 23.1 Å². The molecule has 16 heavy (non-hydrogen) atoms. The second-order valence-electron chi connectivity index (χ2n) is 2.62. The molecule has 1 aromatic rings. The van der Waals surface area contributed by atoms with Crippen molar-refractivity contribution in [3.05, 3.63) is 29.6 Å². The van der Waals surface area contributed by atoms with Gasteiger partial charge in [-0.15, -0.1) is 0 Å². The van der Waals surface area contributed by atoms with E-state index < -0.39 is 22.9 Å². The molecule has 88 valence electrons. The van der Waals surface area contributed by atoms with E-state index in [1.807, 2.05) is 4.72 Å². The Morgan fingerprint density at radius 1 is 1.38 bits per heavy atom. The molecule has 1 amide bonds. The summed E-state index contributed by atoms with van der Waals surface area (Å²) in [6.07, 6.45) is -4.56.